The predicted molar refractivity (Wildman–Crippen MR) is 59.4 cm³/mol. The average Bonchev–Trinajstić information content (AvgIpc) is 2.51. The summed E-state index contributed by atoms with van der Waals surface area (Å²) in [6, 6.07) is 1.87. The van der Waals surface area contributed by atoms with Crippen molar-refractivity contribution in [2.24, 2.45) is 12.8 Å². The first-order valence-corrected chi connectivity index (χ1v) is 5.37. The van der Waals surface area contributed by atoms with Crippen LogP contribution in [-0.2, 0) is 18.3 Å². The van der Waals surface area contributed by atoms with E-state index in [1.165, 1.54) is 0 Å². The number of nitrogens with two attached hydrogens (primary N) is 1. The molecule has 84 valence electrons. The Morgan fingerprint density at radius 1 is 1.67 bits per heavy atom. The zero-order chi connectivity index (χ0) is 11.3. The first-order chi connectivity index (χ1) is 7.11. The monoisotopic (exact) mass is 209 g/mol. The van der Waals surface area contributed by atoms with E-state index in [1.807, 2.05) is 19.3 Å². The maximum absolute atomic E-state index is 11.6. The lowest BCUT2D eigenvalue weighted by molar-refractivity contribution is -0.118. The molecule has 2 N–H and O–H groups in total. The van der Waals surface area contributed by atoms with Gasteiger partial charge in [0, 0.05) is 25.7 Å². The number of aryl methyl sites for hydroxylation is 1. The van der Waals surface area contributed by atoms with Gasteiger partial charge in [-0.3, -0.25) is 9.48 Å². The number of hydrogen-bond acceptors (Lipinski definition) is 3. The quantitative estimate of drug-likeness (QED) is 0.761. The maximum Gasteiger partial charge on any atom is 0.140 e. The van der Waals surface area contributed by atoms with Crippen molar-refractivity contribution in [1.29, 1.82) is 0 Å². The molecule has 15 heavy (non-hydrogen) atoms. The molecular weight excluding hydrogens is 190 g/mol. The summed E-state index contributed by atoms with van der Waals surface area (Å²) in [4.78, 5) is 11.6. The van der Waals surface area contributed by atoms with Crippen molar-refractivity contribution in [1.82, 2.24) is 9.78 Å². The number of carbonyl (C=O) groups is 1. The summed E-state index contributed by atoms with van der Waals surface area (Å²) in [5.41, 5.74) is 6.62. The second kappa shape index (κ2) is 5.66. The van der Waals surface area contributed by atoms with Gasteiger partial charge in [0.25, 0.3) is 0 Å². The number of ketones is 1. The fourth-order valence-corrected chi connectivity index (χ4v) is 1.60. The van der Waals surface area contributed by atoms with Crippen LogP contribution in [0, 0.1) is 0 Å². The van der Waals surface area contributed by atoms with E-state index >= 15 is 0 Å². The van der Waals surface area contributed by atoms with Gasteiger partial charge in [-0.2, -0.15) is 5.10 Å². The normalized spacial score (nSPS) is 12.7. The molecule has 0 aromatic carbocycles. The second-order valence-electron chi connectivity index (χ2n) is 3.95. The Hall–Kier alpha value is -1.16. The van der Waals surface area contributed by atoms with E-state index < -0.39 is 0 Å². The highest BCUT2D eigenvalue weighted by Crippen LogP contribution is 2.03. The van der Waals surface area contributed by atoms with Crippen LogP contribution >= 0.6 is 0 Å². The highest BCUT2D eigenvalue weighted by Gasteiger charge is 2.10. The lowest BCUT2D eigenvalue weighted by atomic mass is 10.0. The van der Waals surface area contributed by atoms with Gasteiger partial charge in [-0.1, -0.05) is 13.3 Å². The van der Waals surface area contributed by atoms with E-state index in [2.05, 4.69) is 12.0 Å². The molecule has 0 saturated carbocycles. The van der Waals surface area contributed by atoms with Crippen LogP contribution in [0.2, 0.25) is 0 Å². The third kappa shape index (κ3) is 4.25. The average molecular weight is 209 g/mol. The van der Waals surface area contributed by atoms with Gasteiger partial charge in [-0.15, -0.1) is 0 Å². The van der Waals surface area contributed by atoms with Gasteiger partial charge in [-0.25, -0.2) is 0 Å². The summed E-state index contributed by atoms with van der Waals surface area (Å²) < 4.78 is 1.70. The molecule has 0 aliphatic rings. The van der Waals surface area contributed by atoms with Gasteiger partial charge >= 0.3 is 0 Å². The molecule has 4 nitrogen and oxygen atoms in total. The fraction of sp³-hybridized carbons (Fsp3) is 0.636. The standard InChI is InChI=1S/C11H19N3O/c1-3-4-9(12)7-11(15)8-10-5-6-14(2)13-10/h5-6,9H,3-4,7-8,12H2,1-2H3. The molecule has 0 amide bonds. The molecule has 1 aromatic heterocycles. The summed E-state index contributed by atoms with van der Waals surface area (Å²) in [7, 11) is 1.84. The van der Waals surface area contributed by atoms with E-state index in [0.29, 0.717) is 12.8 Å². The van der Waals surface area contributed by atoms with E-state index in [1.54, 1.807) is 4.68 Å². The molecule has 1 rings (SSSR count). The molecule has 0 spiro atoms. The van der Waals surface area contributed by atoms with Crippen molar-refractivity contribution in [3.63, 3.8) is 0 Å². The van der Waals surface area contributed by atoms with Crippen molar-refractivity contribution in [2.45, 2.75) is 38.6 Å². The fourth-order valence-electron chi connectivity index (χ4n) is 1.60. The predicted octanol–water partition coefficient (Wildman–Crippen LogP) is 1.05. The molecule has 1 heterocycles. The van der Waals surface area contributed by atoms with Crippen molar-refractivity contribution in [2.75, 3.05) is 0 Å². The van der Waals surface area contributed by atoms with Gasteiger partial charge in [0.2, 0.25) is 0 Å². The largest absolute Gasteiger partial charge is 0.327 e. The number of hydrogen-bond donors (Lipinski definition) is 1. The van der Waals surface area contributed by atoms with Crippen LogP contribution in [0.1, 0.15) is 31.9 Å². The minimum atomic E-state index is 0.00575. The molecule has 1 atom stereocenters. The molecule has 4 heteroatoms. The lowest BCUT2D eigenvalue weighted by Gasteiger charge is -2.07. The van der Waals surface area contributed by atoms with Gasteiger partial charge in [0.05, 0.1) is 12.1 Å². The first kappa shape index (κ1) is 11.9. The van der Waals surface area contributed by atoms with E-state index in [-0.39, 0.29) is 11.8 Å². The number of carbonyl (C=O) groups excluding carboxylic acids is 1. The Morgan fingerprint density at radius 2 is 2.40 bits per heavy atom. The summed E-state index contributed by atoms with van der Waals surface area (Å²) >= 11 is 0. The van der Waals surface area contributed by atoms with Gasteiger partial charge in [-0.05, 0) is 12.5 Å². The Labute approximate surface area is 90.5 Å². The van der Waals surface area contributed by atoms with Crippen LogP contribution in [0.15, 0.2) is 12.3 Å². The van der Waals surface area contributed by atoms with Gasteiger partial charge < -0.3 is 5.73 Å². The summed E-state index contributed by atoms with van der Waals surface area (Å²) in [6.45, 7) is 2.07. The zero-order valence-electron chi connectivity index (χ0n) is 9.44. The Kier molecular flexibility index (Phi) is 4.49. The van der Waals surface area contributed by atoms with Crippen LogP contribution in [0.3, 0.4) is 0 Å². The van der Waals surface area contributed by atoms with Crippen LogP contribution < -0.4 is 5.73 Å². The summed E-state index contributed by atoms with van der Waals surface area (Å²) in [6.07, 6.45) is 4.64. The molecule has 0 radical (unpaired) electrons. The molecule has 0 aliphatic heterocycles. The molecule has 0 aliphatic carbocycles. The molecule has 0 saturated heterocycles. The van der Waals surface area contributed by atoms with E-state index in [9.17, 15) is 4.79 Å². The van der Waals surface area contributed by atoms with Crippen molar-refractivity contribution in [3.8, 4) is 0 Å². The summed E-state index contributed by atoms with van der Waals surface area (Å²) in [5, 5.41) is 4.16. The number of rotatable bonds is 6. The molecule has 0 fully saturated rings. The SMILES string of the molecule is CCCC(N)CC(=O)Cc1ccn(C)n1. The number of aromatic nitrogens is 2. The molecule has 1 aromatic rings. The minimum Gasteiger partial charge on any atom is -0.327 e. The number of nitrogens with zero attached hydrogens (tertiary/aromatic N) is 2. The van der Waals surface area contributed by atoms with Crippen molar-refractivity contribution >= 4 is 5.78 Å². The Balaban J connectivity index is 2.36. The van der Waals surface area contributed by atoms with Crippen molar-refractivity contribution < 1.29 is 4.79 Å². The van der Waals surface area contributed by atoms with Crippen LogP contribution in [0.25, 0.3) is 0 Å². The second-order valence-corrected chi connectivity index (χ2v) is 3.95. The highest BCUT2D eigenvalue weighted by molar-refractivity contribution is 5.80. The molecule has 1 unspecified atom stereocenters. The van der Waals surface area contributed by atoms with Crippen LogP contribution in [-0.4, -0.2) is 21.6 Å². The van der Waals surface area contributed by atoms with Gasteiger partial charge in [0.1, 0.15) is 5.78 Å². The lowest BCUT2D eigenvalue weighted by Crippen LogP contribution is -2.24. The minimum absolute atomic E-state index is 0.00575. The first-order valence-electron chi connectivity index (χ1n) is 5.37. The molecular formula is C11H19N3O. The van der Waals surface area contributed by atoms with Crippen molar-refractivity contribution in [3.05, 3.63) is 18.0 Å². The maximum atomic E-state index is 11.6. The zero-order valence-corrected chi connectivity index (χ0v) is 9.44. The Morgan fingerprint density at radius 3 is 2.93 bits per heavy atom. The van der Waals surface area contributed by atoms with Gasteiger partial charge in [0.15, 0.2) is 0 Å². The van der Waals surface area contributed by atoms with Crippen LogP contribution in [0.4, 0.5) is 0 Å². The topological polar surface area (TPSA) is 60.9 Å². The highest BCUT2D eigenvalue weighted by atomic mass is 16.1. The van der Waals surface area contributed by atoms with E-state index in [4.69, 9.17) is 5.73 Å². The smallest absolute Gasteiger partial charge is 0.140 e. The number of Topliss-reactive ketones (excluding diaryl/α,β-unsaturated/α-hetero) is 1. The third-order valence-corrected chi connectivity index (χ3v) is 2.30. The Bertz CT molecular complexity index is 319. The summed E-state index contributed by atoms with van der Waals surface area (Å²) in [5.74, 6) is 0.176. The van der Waals surface area contributed by atoms with E-state index in [0.717, 1.165) is 18.5 Å². The molecule has 0 bridgehead atoms. The third-order valence-electron chi connectivity index (χ3n) is 2.30. The van der Waals surface area contributed by atoms with Crippen LogP contribution in [0.5, 0.6) is 0 Å².